The number of likely N-dealkylation sites (tertiary alicyclic amines) is 1. The summed E-state index contributed by atoms with van der Waals surface area (Å²) in [5, 5.41) is 18.9. The van der Waals surface area contributed by atoms with Gasteiger partial charge in [-0.05, 0) is 37.1 Å². The highest BCUT2D eigenvalue weighted by atomic mass is 32.2. The zero-order valence-electron chi connectivity index (χ0n) is 13.3. The molecule has 0 spiro atoms. The van der Waals surface area contributed by atoms with E-state index in [-0.39, 0.29) is 29.5 Å². The molecule has 2 atom stereocenters. The van der Waals surface area contributed by atoms with E-state index in [0.717, 1.165) is 12.1 Å². The smallest absolute Gasteiger partial charge is 0.241 e. The van der Waals surface area contributed by atoms with Gasteiger partial charge in [0.25, 0.3) is 0 Å². The molecule has 3 N–H and O–H groups in total. The first kappa shape index (κ1) is 18.8. The lowest BCUT2D eigenvalue weighted by atomic mass is 9.95. The molecule has 0 radical (unpaired) electrons. The van der Waals surface area contributed by atoms with Crippen molar-refractivity contribution in [3.63, 3.8) is 0 Å². The second-order valence-corrected chi connectivity index (χ2v) is 7.64. The standard InChI is InChI=1S/C15H21FN2O5S/c1-10-6-12(2-3-13(10)16)24(22,23)17-7-15(21)18-5-4-11(9-19)14(20)8-18/h2-3,6,11,14,17,19-20H,4-5,7-9H2,1H3/t11-,14-/m1/s1. The van der Waals surface area contributed by atoms with Crippen LogP contribution < -0.4 is 4.72 Å². The highest BCUT2D eigenvalue weighted by molar-refractivity contribution is 7.89. The summed E-state index contributed by atoms with van der Waals surface area (Å²) in [6.07, 6.45) is -0.378. The molecule has 24 heavy (non-hydrogen) atoms. The molecule has 2 rings (SSSR count). The highest BCUT2D eigenvalue weighted by Gasteiger charge is 2.30. The Kier molecular flexibility index (Phi) is 5.92. The minimum absolute atomic E-state index is 0.0570. The number of nitrogens with zero attached hydrogens (tertiary/aromatic N) is 1. The third kappa shape index (κ3) is 4.29. The van der Waals surface area contributed by atoms with Crippen molar-refractivity contribution < 1.29 is 27.8 Å². The van der Waals surface area contributed by atoms with Crippen molar-refractivity contribution in [3.05, 3.63) is 29.6 Å². The lowest BCUT2D eigenvalue weighted by molar-refractivity contribution is -0.135. The summed E-state index contributed by atoms with van der Waals surface area (Å²) in [5.41, 5.74) is 0.193. The van der Waals surface area contributed by atoms with Gasteiger partial charge in [-0.2, -0.15) is 0 Å². The number of aryl methyl sites for hydroxylation is 1. The van der Waals surface area contributed by atoms with Crippen LogP contribution in [0.5, 0.6) is 0 Å². The van der Waals surface area contributed by atoms with Crippen molar-refractivity contribution in [2.45, 2.75) is 24.3 Å². The Labute approximate surface area is 140 Å². The molecule has 9 heteroatoms. The molecule has 0 saturated carbocycles. The fourth-order valence-electron chi connectivity index (χ4n) is 2.56. The van der Waals surface area contributed by atoms with Gasteiger partial charge in [-0.15, -0.1) is 0 Å². The second-order valence-electron chi connectivity index (χ2n) is 5.87. The number of hydrogen-bond acceptors (Lipinski definition) is 5. The van der Waals surface area contributed by atoms with Crippen molar-refractivity contribution in [1.29, 1.82) is 0 Å². The van der Waals surface area contributed by atoms with E-state index >= 15 is 0 Å². The first-order valence-corrected chi connectivity index (χ1v) is 9.05. The molecule has 1 aliphatic rings. The maximum atomic E-state index is 13.2. The molecule has 1 aromatic carbocycles. The SMILES string of the molecule is Cc1cc(S(=O)(=O)NCC(=O)N2CC[C@H](CO)[C@H](O)C2)ccc1F. The zero-order chi connectivity index (χ0) is 17.9. The van der Waals surface area contributed by atoms with E-state index < -0.39 is 34.4 Å². The topological polar surface area (TPSA) is 107 Å². The lowest BCUT2D eigenvalue weighted by Crippen LogP contribution is -2.50. The number of nitrogens with one attached hydrogen (secondary N) is 1. The van der Waals surface area contributed by atoms with Crippen LogP contribution in [-0.2, 0) is 14.8 Å². The van der Waals surface area contributed by atoms with E-state index in [9.17, 15) is 22.7 Å². The van der Waals surface area contributed by atoms with Gasteiger partial charge in [0.1, 0.15) is 5.82 Å². The Hall–Kier alpha value is -1.55. The van der Waals surface area contributed by atoms with Crippen LogP contribution in [0.2, 0.25) is 0 Å². The summed E-state index contributed by atoms with van der Waals surface area (Å²) in [7, 11) is -3.93. The number of benzene rings is 1. The molecule has 1 aliphatic heterocycles. The molecule has 0 unspecified atom stereocenters. The van der Waals surface area contributed by atoms with Gasteiger partial charge in [0.15, 0.2) is 0 Å². The lowest BCUT2D eigenvalue weighted by Gasteiger charge is -2.35. The molecule has 134 valence electrons. The number of hydrogen-bond donors (Lipinski definition) is 3. The molecular formula is C15H21FN2O5S. The van der Waals surface area contributed by atoms with E-state index in [1.807, 2.05) is 0 Å². The van der Waals surface area contributed by atoms with Crippen LogP contribution in [0.4, 0.5) is 4.39 Å². The number of halogens is 1. The summed E-state index contributed by atoms with van der Waals surface area (Å²) in [6, 6.07) is 3.38. The first-order valence-electron chi connectivity index (χ1n) is 7.57. The number of aliphatic hydroxyl groups excluding tert-OH is 2. The minimum Gasteiger partial charge on any atom is -0.396 e. The number of carbonyl (C=O) groups excluding carboxylic acids is 1. The maximum Gasteiger partial charge on any atom is 0.241 e. The van der Waals surface area contributed by atoms with E-state index in [1.165, 1.54) is 17.9 Å². The van der Waals surface area contributed by atoms with Crippen molar-refractivity contribution >= 4 is 15.9 Å². The second kappa shape index (κ2) is 7.56. The molecule has 1 fully saturated rings. The number of sulfonamides is 1. The minimum atomic E-state index is -3.93. The highest BCUT2D eigenvalue weighted by Crippen LogP contribution is 2.18. The molecule has 7 nitrogen and oxygen atoms in total. The van der Waals surface area contributed by atoms with Crippen molar-refractivity contribution in [1.82, 2.24) is 9.62 Å². The predicted molar refractivity (Wildman–Crippen MR) is 84.1 cm³/mol. The van der Waals surface area contributed by atoms with E-state index in [2.05, 4.69) is 4.72 Å². The summed E-state index contributed by atoms with van der Waals surface area (Å²) >= 11 is 0. The Bertz CT molecular complexity index is 710. The fraction of sp³-hybridized carbons (Fsp3) is 0.533. The quantitative estimate of drug-likeness (QED) is 0.663. The number of piperidine rings is 1. The van der Waals surface area contributed by atoms with E-state index in [1.54, 1.807) is 0 Å². The Morgan fingerprint density at radius 3 is 2.75 bits per heavy atom. The zero-order valence-corrected chi connectivity index (χ0v) is 14.1. The summed E-state index contributed by atoms with van der Waals surface area (Å²) in [6.45, 7) is 1.25. The van der Waals surface area contributed by atoms with Crippen LogP contribution in [0.25, 0.3) is 0 Å². The van der Waals surface area contributed by atoms with Crippen LogP contribution in [0.1, 0.15) is 12.0 Å². The number of amides is 1. The molecule has 1 saturated heterocycles. The van der Waals surface area contributed by atoms with Crippen LogP contribution in [0, 0.1) is 18.7 Å². The number of rotatable bonds is 5. The van der Waals surface area contributed by atoms with E-state index in [4.69, 9.17) is 5.11 Å². The third-order valence-electron chi connectivity index (χ3n) is 4.16. The molecule has 0 aliphatic carbocycles. The van der Waals surface area contributed by atoms with Gasteiger partial charge < -0.3 is 15.1 Å². The van der Waals surface area contributed by atoms with Gasteiger partial charge in [0, 0.05) is 25.6 Å². The normalized spacial score (nSPS) is 21.8. The largest absolute Gasteiger partial charge is 0.396 e. The Morgan fingerprint density at radius 1 is 1.46 bits per heavy atom. The van der Waals surface area contributed by atoms with Crippen molar-refractivity contribution in [2.24, 2.45) is 5.92 Å². The van der Waals surface area contributed by atoms with Gasteiger partial charge in [-0.3, -0.25) is 4.79 Å². The molecule has 0 bridgehead atoms. The summed E-state index contributed by atoms with van der Waals surface area (Å²) in [5.74, 6) is -1.24. The average molecular weight is 360 g/mol. The number of carbonyl (C=O) groups is 1. The number of aliphatic hydroxyl groups is 2. The van der Waals surface area contributed by atoms with Crippen molar-refractivity contribution in [2.75, 3.05) is 26.2 Å². The number of β-amino-alcohol motifs (C(OH)–C–C–N with tert-alkyl or cyclic N) is 1. The third-order valence-corrected chi connectivity index (χ3v) is 5.56. The van der Waals surface area contributed by atoms with Crippen molar-refractivity contribution in [3.8, 4) is 0 Å². The monoisotopic (exact) mass is 360 g/mol. The van der Waals surface area contributed by atoms with Crippen LogP contribution in [0.15, 0.2) is 23.1 Å². The molecular weight excluding hydrogens is 339 g/mol. The van der Waals surface area contributed by atoms with Gasteiger partial charge >= 0.3 is 0 Å². The predicted octanol–water partition coefficient (Wildman–Crippen LogP) is -0.386. The molecule has 0 aromatic heterocycles. The average Bonchev–Trinajstić information content (AvgIpc) is 2.55. The maximum absolute atomic E-state index is 13.2. The molecule has 1 heterocycles. The van der Waals surface area contributed by atoms with Gasteiger partial charge in [-0.1, -0.05) is 0 Å². The first-order chi connectivity index (χ1) is 11.2. The van der Waals surface area contributed by atoms with Crippen LogP contribution >= 0.6 is 0 Å². The van der Waals surface area contributed by atoms with Gasteiger partial charge in [0.2, 0.25) is 15.9 Å². The van der Waals surface area contributed by atoms with Gasteiger partial charge in [0.05, 0.1) is 17.5 Å². The Morgan fingerprint density at radius 2 is 2.17 bits per heavy atom. The summed E-state index contributed by atoms with van der Waals surface area (Å²) < 4.78 is 39.7. The molecule has 1 amide bonds. The fourth-order valence-corrected chi connectivity index (χ4v) is 3.62. The summed E-state index contributed by atoms with van der Waals surface area (Å²) in [4.78, 5) is 13.3. The molecule has 1 aromatic rings. The van der Waals surface area contributed by atoms with Crippen LogP contribution in [-0.4, -0.2) is 61.8 Å². The van der Waals surface area contributed by atoms with Crippen LogP contribution in [0.3, 0.4) is 0 Å². The van der Waals surface area contributed by atoms with Gasteiger partial charge in [-0.25, -0.2) is 17.5 Å². The Balaban J connectivity index is 1.96. The van der Waals surface area contributed by atoms with E-state index in [0.29, 0.717) is 13.0 Å².